The fourth-order valence-corrected chi connectivity index (χ4v) is 2.32. The molecule has 0 radical (unpaired) electrons. The molecule has 2 heterocycles. The molecule has 4 heteroatoms. The van der Waals surface area contributed by atoms with Crippen molar-refractivity contribution in [2.75, 3.05) is 59.4 Å². The summed E-state index contributed by atoms with van der Waals surface area (Å²) in [7, 11) is 2.21. The number of piperazine rings is 2. The normalized spacial score (nSPS) is 31.9. The summed E-state index contributed by atoms with van der Waals surface area (Å²) in [6.07, 6.45) is 0. The first-order valence-electron chi connectivity index (χ1n) is 5.69. The first kappa shape index (κ1) is 10.4. The third-order valence-corrected chi connectivity index (χ3v) is 3.15. The molecular weight excluding hydrogens is 176 g/mol. The van der Waals surface area contributed by atoms with Crippen molar-refractivity contribution in [1.82, 2.24) is 20.4 Å². The number of hydrogen-bond acceptors (Lipinski definition) is 4. The molecule has 0 amide bonds. The van der Waals surface area contributed by atoms with Gasteiger partial charge in [0.1, 0.15) is 0 Å². The molecule has 0 spiro atoms. The molecule has 4 nitrogen and oxygen atoms in total. The van der Waals surface area contributed by atoms with E-state index in [-0.39, 0.29) is 0 Å². The lowest BCUT2D eigenvalue weighted by Gasteiger charge is -2.36. The molecule has 1 atom stereocenters. The van der Waals surface area contributed by atoms with E-state index in [0.717, 1.165) is 19.6 Å². The van der Waals surface area contributed by atoms with Crippen LogP contribution in [0.4, 0.5) is 0 Å². The molecule has 0 saturated carbocycles. The third kappa shape index (κ3) is 2.92. The second-order valence-corrected chi connectivity index (χ2v) is 4.46. The Hall–Kier alpha value is -0.160. The first-order valence-corrected chi connectivity index (χ1v) is 5.69. The van der Waals surface area contributed by atoms with E-state index in [0.29, 0.717) is 6.04 Å². The van der Waals surface area contributed by atoms with Gasteiger partial charge in [0.2, 0.25) is 0 Å². The van der Waals surface area contributed by atoms with Gasteiger partial charge >= 0.3 is 0 Å². The van der Waals surface area contributed by atoms with E-state index in [2.05, 4.69) is 27.5 Å². The van der Waals surface area contributed by atoms with Crippen molar-refractivity contribution in [3.8, 4) is 0 Å². The van der Waals surface area contributed by atoms with Crippen molar-refractivity contribution in [3.63, 3.8) is 0 Å². The molecule has 0 bridgehead atoms. The Balaban J connectivity index is 1.72. The van der Waals surface area contributed by atoms with Crippen molar-refractivity contribution < 1.29 is 0 Å². The first-order chi connectivity index (χ1) is 6.84. The van der Waals surface area contributed by atoms with E-state index in [1.807, 2.05) is 0 Å². The maximum atomic E-state index is 3.59. The van der Waals surface area contributed by atoms with Crippen LogP contribution in [-0.2, 0) is 0 Å². The van der Waals surface area contributed by atoms with Gasteiger partial charge in [-0.25, -0.2) is 0 Å². The molecule has 82 valence electrons. The Kier molecular flexibility index (Phi) is 3.75. The van der Waals surface area contributed by atoms with Crippen LogP contribution in [0.3, 0.4) is 0 Å². The second kappa shape index (κ2) is 5.07. The Morgan fingerprint density at radius 2 is 1.93 bits per heavy atom. The summed E-state index contributed by atoms with van der Waals surface area (Å²) in [6, 6.07) is 0.673. The highest BCUT2D eigenvalue weighted by atomic mass is 15.2. The van der Waals surface area contributed by atoms with Gasteiger partial charge in [0.25, 0.3) is 0 Å². The monoisotopic (exact) mass is 198 g/mol. The smallest absolute Gasteiger partial charge is 0.0323 e. The van der Waals surface area contributed by atoms with Crippen LogP contribution < -0.4 is 10.6 Å². The fourth-order valence-electron chi connectivity index (χ4n) is 2.32. The lowest BCUT2D eigenvalue weighted by atomic mass is 10.2. The average molecular weight is 198 g/mol. The van der Waals surface area contributed by atoms with Gasteiger partial charge in [0, 0.05) is 58.4 Å². The highest BCUT2D eigenvalue weighted by molar-refractivity contribution is 4.81. The average Bonchev–Trinajstić information content (AvgIpc) is 2.19. The molecule has 0 aliphatic carbocycles. The van der Waals surface area contributed by atoms with Crippen LogP contribution in [-0.4, -0.2) is 75.2 Å². The largest absolute Gasteiger partial charge is 0.314 e. The molecule has 0 aromatic carbocycles. The summed E-state index contributed by atoms with van der Waals surface area (Å²) in [5.74, 6) is 0. The molecule has 0 aromatic rings. The highest BCUT2D eigenvalue weighted by Gasteiger charge is 2.19. The molecular formula is C10H22N4. The minimum atomic E-state index is 0.673. The number of nitrogens with one attached hydrogen (secondary N) is 2. The molecule has 2 N–H and O–H groups in total. The lowest BCUT2D eigenvalue weighted by Crippen LogP contribution is -2.56. The topological polar surface area (TPSA) is 30.5 Å². The zero-order valence-electron chi connectivity index (χ0n) is 9.13. The molecule has 2 aliphatic rings. The summed E-state index contributed by atoms with van der Waals surface area (Å²) in [6.45, 7) is 9.48. The zero-order chi connectivity index (χ0) is 9.80. The standard InChI is InChI=1S/C10H22N4/c1-13-5-4-12-10(8-13)9-14-6-2-11-3-7-14/h10-12H,2-9H2,1H3. The SMILES string of the molecule is CN1CCNC(CN2CCNCC2)C1. The number of hydrogen-bond donors (Lipinski definition) is 2. The van der Waals surface area contributed by atoms with E-state index in [9.17, 15) is 0 Å². The van der Waals surface area contributed by atoms with Crippen LogP contribution in [0, 0.1) is 0 Å². The van der Waals surface area contributed by atoms with E-state index < -0.39 is 0 Å². The van der Waals surface area contributed by atoms with Gasteiger partial charge in [-0.2, -0.15) is 0 Å². The van der Waals surface area contributed by atoms with Crippen molar-refractivity contribution in [1.29, 1.82) is 0 Å². The van der Waals surface area contributed by atoms with Crippen molar-refractivity contribution in [2.24, 2.45) is 0 Å². The molecule has 2 aliphatic heterocycles. The van der Waals surface area contributed by atoms with Gasteiger partial charge in [0.15, 0.2) is 0 Å². The summed E-state index contributed by atoms with van der Waals surface area (Å²) in [4.78, 5) is 4.98. The minimum absolute atomic E-state index is 0.673. The predicted molar refractivity (Wildman–Crippen MR) is 58.6 cm³/mol. The van der Waals surface area contributed by atoms with Crippen LogP contribution in [0.5, 0.6) is 0 Å². The summed E-state index contributed by atoms with van der Waals surface area (Å²) in [5.41, 5.74) is 0. The highest BCUT2D eigenvalue weighted by Crippen LogP contribution is 2.00. The van der Waals surface area contributed by atoms with Crippen molar-refractivity contribution >= 4 is 0 Å². The maximum absolute atomic E-state index is 3.59. The maximum Gasteiger partial charge on any atom is 0.0323 e. The Morgan fingerprint density at radius 1 is 1.14 bits per heavy atom. The fraction of sp³-hybridized carbons (Fsp3) is 1.00. The van der Waals surface area contributed by atoms with Crippen LogP contribution >= 0.6 is 0 Å². The molecule has 2 rings (SSSR count). The van der Waals surface area contributed by atoms with Crippen LogP contribution in [0.15, 0.2) is 0 Å². The van der Waals surface area contributed by atoms with Gasteiger partial charge in [-0.1, -0.05) is 0 Å². The Bertz CT molecular complexity index is 168. The van der Waals surface area contributed by atoms with Gasteiger partial charge < -0.3 is 15.5 Å². The van der Waals surface area contributed by atoms with Crippen LogP contribution in [0.2, 0.25) is 0 Å². The van der Waals surface area contributed by atoms with Crippen LogP contribution in [0.25, 0.3) is 0 Å². The quantitative estimate of drug-likeness (QED) is 0.583. The third-order valence-electron chi connectivity index (χ3n) is 3.15. The van der Waals surface area contributed by atoms with Crippen LogP contribution in [0.1, 0.15) is 0 Å². The second-order valence-electron chi connectivity index (χ2n) is 4.46. The van der Waals surface area contributed by atoms with Crippen molar-refractivity contribution in [3.05, 3.63) is 0 Å². The number of rotatable bonds is 2. The molecule has 1 unspecified atom stereocenters. The lowest BCUT2D eigenvalue weighted by molar-refractivity contribution is 0.167. The molecule has 2 fully saturated rings. The minimum Gasteiger partial charge on any atom is -0.314 e. The van der Waals surface area contributed by atoms with Gasteiger partial charge in [-0.05, 0) is 7.05 Å². The predicted octanol–water partition coefficient (Wildman–Crippen LogP) is -1.20. The number of likely N-dealkylation sites (N-methyl/N-ethyl adjacent to an activating group) is 1. The van der Waals surface area contributed by atoms with E-state index in [1.165, 1.54) is 32.7 Å². The molecule has 0 aromatic heterocycles. The molecule has 2 saturated heterocycles. The van der Waals surface area contributed by atoms with E-state index in [4.69, 9.17) is 0 Å². The van der Waals surface area contributed by atoms with E-state index in [1.54, 1.807) is 0 Å². The van der Waals surface area contributed by atoms with Gasteiger partial charge in [0.05, 0.1) is 0 Å². The summed E-state index contributed by atoms with van der Waals surface area (Å²) < 4.78 is 0. The number of nitrogens with zero attached hydrogens (tertiary/aromatic N) is 2. The van der Waals surface area contributed by atoms with Gasteiger partial charge in [-0.3, -0.25) is 4.90 Å². The van der Waals surface area contributed by atoms with Crippen molar-refractivity contribution in [2.45, 2.75) is 6.04 Å². The molecule has 14 heavy (non-hydrogen) atoms. The van der Waals surface area contributed by atoms with E-state index >= 15 is 0 Å². The Labute approximate surface area is 86.6 Å². The zero-order valence-corrected chi connectivity index (χ0v) is 9.13. The van der Waals surface area contributed by atoms with Gasteiger partial charge in [-0.15, -0.1) is 0 Å². The summed E-state index contributed by atoms with van der Waals surface area (Å²) in [5, 5.41) is 6.98. The Morgan fingerprint density at radius 3 is 2.64 bits per heavy atom. The summed E-state index contributed by atoms with van der Waals surface area (Å²) >= 11 is 0.